The van der Waals surface area contributed by atoms with Crippen molar-refractivity contribution in [2.45, 2.75) is 12.8 Å². The third kappa shape index (κ3) is 2.79. The maximum Gasteiger partial charge on any atom is 0.0454 e. The molecule has 5 aromatic carbocycles. The molecule has 1 aliphatic rings. The van der Waals surface area contributed by atoms with Gasteiger partial charge in [-0.15, -0.1) is 0 Å². The number of nitrogens with one attached hydrogen (secondary N) is 1. The van der Waals surface area contributed by atoms with E-state index in [2.05, 4.69) is 108 Å². The first-order chi connectivity index (χ1) is 16.4. The first-order valence-corrected chi connectivity index (χ1v) is 11.7. The second kappa shape index (κ2) is 7.21. The Hall–Kier alpha value is -4.10. The van der Waals surface area contributed by atoms with Crippen LogP contribution < -0.4 is 0 Å². The number of benzene rings is 5. The maximum atomic E-state index is 3.33. The minimum absolute atomic E-state index is 1.08. The highest BCUT2D eigenvalue weighted by Gasteiger charge is 2.21. The SMILES string of the molecule is C1=C(c2c3ccccc3c(-c3ccc4[nH]ccc4c3)c3ccccc23)c2ccccc2CC1. The molecule has 0 spiro atoms. The van der Waals surface area contributed by atoms with Crippen LogP contribution in [0.3, 0.4) is 0 Å². The fourth-order valence-corrected chi connectivity index (χ4v) is 5.66. The summed E-state index contributed by atoms with van der Waals surface area (Å²) in [4.78, 5) is 3.33. The normalized spacial score (nSPS) is 13.4. The molecule has 0 saturated carbocycles. The molecule has 1 N–H and O–H groups in total. The number of hydrogen-bond donors (Lipinski definition) is 1. The molecule has 1 nitrogen and oxygen atoms in total. The number of aromatic amines is 1. The van der Waals surface area contributed by atoms with E-state index in [4.69, 9.17) is 0 Å². The van der Waals surface area contributed by atoms with Gasteiger partial charge >= 0.3 is 0 Å². The molecule has 6 aromatic rings. The fraction of sp³-hybridized carbons (Fsp3) is 0.0625. The average molecular weight is 422 g/mol. The zero-order valence-corrected chi connectivity index (χ0v) is 18.3. The van der Waals surface area contributed by atoms with Gasteiger partial charge in [-0.2, -0.15) is 0 Å². The van der Waals surface area contributed by atoms with Crippen molar-refractivity contribution in [2.24, 2.45) is 0 Å². The Bertz CT molecular complexity index is 1660. The Kier molecular flexibility index (Phi) is 4.04. The topological polar surface area (TPSA) is 15.8 Å². The van der Waals surface area contributed by atoms with E-state index in [9.17, 15) is 0 Å². The summed E-state index contributed by atoms with van der Waals surface area (Å²) in [6.07, 6.45) is 6.66. The Morgan fingerprint density at radius 1 is 0.606 bits per heavy atom. The van der Waals surface area contributed by atoms with Crippen LogP contribution in [0, 0.1) is 0 Å². The summed E-state index contributed by atoms with van der Waals surface area (Å²) in [6, 6.07) is 35.7. The summed E-state index contributed by atoms with van der Waals surface area (Å²) in [7, 11) is 0. The molecule has 0 amide bonds. The van der Waals surface area contributed by atoms with Crippen LogP contribution in [0.5, 0.6) is 0 Å². The standard InChI is InChI=1S/C32H23N/c1-2-10-24-21(8-1)9-7-15-25(24)32-28-13-5-3-11-26(28)31(27-12-4-6-14-29(27)32)23-16-17-30-22(20-23)18-19-33-30/h1-6,8,10-20,33H,7,9H2. The molecule has 0 saturated heterocycles. The van der Waals surface area contributed by atoms with E-state index in [0.717, 1.165) is 12.8 Å². The van der Waals surface area contributed by atoms with Crippen molar-refractivity contribution in [3.63, 3.8) is 0 Å². The van der Waals surface area contributed by atoms with Gasteiger partial charge in [0.2, 0.25) is 0 Å². The number of rotatable bonds is 2. The minimum Gasteiger partial charge on any atom is -0.361 e. The summed E-state index contributed by atoms with van der Waals surface area (Å²) in [5, 5.41) is 6.51. The van der Waals surface area contributed by atoms with Gasteiger partial charge in [-0.1, -0.05) is 84.9 Å². The Morgan fingerprint density at radius 3 is 2.03 bits per heavy atom. The highest BCUT2D eigenvalue weighted by atomic mass is 14.7. The highest BCUT2D eigenvalue weighted by Crippen LogP contribution is 2.45. The van der Waals surface area contributed by atoms with E-state index < -0.39 is 0 Å². The molecule has 7 rings (SSSR count). The third-order valence-electron chi connectivity index (χ3n) is 7.11. The van der Waals surface area contributed by atoms with Crippen molar-refractivity contribution in [2.75, 3.05) is 0 Å². The zero-order valence-electron chi connectivity index (χ0n) is 18.3. The van der Waals surface area contributed by atoms with Crippen molar-refractivity contribution in [1.29, 1.82) is 0 Å². The van der Waals surface area contributed by atoms with Crippen LogP contribution in [-0.4, -0.2) is 4.98 Å². The van der Waals surface area contributed by atoms with Gasteiger partial charge in [-0.05, 0) is 91.4 Å². The van der Waals surface area contributed by atoms with Crippen LogP contribution in [0.2, 0.25) is 0 Å². The van der Waals surface area contributed by atoms with Crippen LogP contribution >= 0.6 is 0 Å². The van der Waals surface area contributed by atoms with Crippen molar-refractivity contribution in [3.05, 3.63) is 126 Å². The molecule has 0 atom stereocenters. The largest absolute Gasteiger partial charge is 0.361 e. The number of H-pyrrole nitrogens is 1. The van der Waals surface area contributed by atoms with Gasteiger partial charge in [-0.25, -0.2) is 0 Å². The minimum atomic E-state index is 1.08. The molecule has 0 radical (unpaired) electrons. The van der Waals surface area contributed by atoms with E-state index >= 15 is 0 Å². The molecule has 156 valence electrons. The molecule has 1 aromatic heterocycles. The summed E-state index contributed by atoms with van der Waals surface area (Å²) in [5.41, 5.74) is 9.31. The van der Waals surface area contributed by atoms with Crippen molar-refractivity contribution in [3.8, 4) is 11.1 Å². The van der Waals surface area contributed by atoms with Crippen molar-refractivity contribution < 1.29 is 0 Å². The molecular formula is C32H23N. The van der Waals surface area contributed by atoms with Gasteiger partial charge in [0.25, 0.3) is 0 Å². The molecule has 1 heterocycles. The number of allylic oxidation sites excluding steroid dienone is 1. The van der Waals surface area contributed by atoms with E-state index in [1.54, 1.807) is 0 Å². The summed E-state index contributed by atoms with van der Waals surface area (Å²) in [5.74, 6) is 0. The number of fused-ring (bicyclic) bond motifs is 4. The first kappa shape index (κ1) is 18.5. The van der Waals surface area contributed by atoms with Gasteiger partial charge in [0.1, 0.15) is 0 Å². The second-order valence-electron chi connectivity index (χ2n) is 8.93. The van der Waals surface area contributed by atoms with E-state index in [-0.39, 0.29) is 0 Å². The quantitative estimate of drug-likeness (QED) is 0.270. The van der Waals surface area contributed by atoms with Crippen LogP contribution in [0.4, 0.5) is 0 Å². The summed E-state index contributed by atoms with van der Waals surface area (Å²) < 4.78 is 0. The monoisotopic (exact) mass is 421 g/mol. The molecule has 0 bridgehead atoms. The molecule has 0 unspecified atom stereocenters. The molecule has 33 heavy (non-hydrogen) atoms. The smallest absolute Gasteiger partial charge is 0.0454 e. The second-order valence-corrected chi connectivity index (χ2v) is 8.93. The summed E-state index contributed by atoms with van der Waals surface area (Å²) >= 11 is 0. The third-order valence-corrected chi connectivity index (χ3v) is 7.11. The average Bonchev–Trinajstić information content (AvgIpc) is 3.35. The van der Waals surface area contributed by atoms with Crippen LogP contribution in [-0.2, 0) is 6.42 Å². The van der Waals surface area contributed by atoms with E-state index in [1.807, 2.05) is 6.20 Å². The van der Waals surface area contributed by atoms with Gasteiger partial charge < -0.3 is 4.98 Å². The van der Waals surface area contributed by atoms with Crippen LogP contribution in [0.25, 0.3) is 49.1 Å². The first-order valence-electron chi connectivity index (χ1n) is 11.7. The van der Waals surface area contributed by atoms with Gasteiger partial charge in [-0.3, -0.25) is 0 Å². The van der Waals surface area contributed by atoms with Crippen LogP contribution in [0.1, 0.15) is 23.1 Å². The highest BCUT2D eigenvalue weighted by molar-refractivity contribution is 6.20. The van der Waals surface area contributed by atoms with E-state index in [0.29, 0.717) is 0 Å². The van der Waals surface area contributed by atoms with Crippen molar-refractivity contribution in [1.82, 2.24) is 4.98 Å². The Labute approximate surface area is 193 Å². The molecule has 0 aliphatic heterocycles. The van der Waals surface area contributed by atoms with Crippen LogP contribution in [0.15, 0.2) is 109 Å². The molecule has 0 fully saturated rings. The predicted molar refractivity (Wildman–Crippen MR) is 141 cm³/mol. The van der Waals surface area contributed by atoms with E-state index in [1.165, 1.54) is 65.8 Å². The lowest BCUT2D eigenvalue weighted by molar-refractivity contribution is 0.978. The van der Waals surface area contributed by atoms with Gasteiger partial charge in [0.15, 0.2) is 0 Å². The lowest BCUT2D eigenvalue weighted by Crippen LogP contribution is -2.02. The molecular weight excluding hydrogens is 398 g/mol. The zero-order chi connectivity index (χ0) is 21.8. The maximum absolute atomic E-state index is 3.33. The Balaban J connectivity index is 1.62. The van der Waals surface area contributed by atoms with Gasteiger partial charge in [0, 0.05) is 11.7 Å². The lowest BCUT2D eigenvalue weighted by atomic mass is 9.80. The predicted octanol–water partition coefficient (Wildman–Crippen LogP) is 8.52. The number of hydrogen-bond acceptors (Lipinski definition) is 0. The van der Waals surface area contributed by atoms with Crippen molar-refractivity contribution >= 4 is 38.0 Å². The van der Waals surface area contributed by atoms with Gasteiger partial charge in [0.05, 0.1) is 0 Å². The fourth-order valence-electron chi connectivity index (χ4n) is 5.66. The molecule has 1 aliphatic carbocycles. The summed E-state index contributed by atoms with van der Waals surface area (Å²) in [6.45, 7) is 0. The lowest BCUT2D eigenvalue weighted by Gasteiger charge is -2.23. The molecule has 1 heteroatoms. The Morgan fingerprint density at radius 2 is 1.27 bits per heavy atom. The number of aromatic nitrogens is 1. The number of aryl methyl sites for hydroxylation is 1.